The Hall–Kier alpha value is -2.15. The zero-order valence-corrected chi connectivity index (χ0v) is 15.2. The van der Waals surface area contributed by atoms with Crippen molar-refractivity contribution in [3.63, 3.8) is 0 Å². The number of carboxylic acids is 1. The van der Waals surface area contributed by atoms with E-state index in [-0.39, 0.29) is 18.2 Å². The molecule has 0 saturated heterocycles. The van der Waals surface area contributed by atoms with Crippen LogP contribution in [0.25, 0.3) is 0 Å². The van der Waals surface area contributed by atoms with Crippen LogP contribution in [0.15, 0.2) is 17.5 Å². The third kappa shape index (κ3) is 4.23. The maximum absolute atomic E-state index is 12.5. The van der Waals surface area contributed by atoms with Gasteiger partial charge in [-0.1, -0.05) is 13.0 Å². The molecule has 2 aromatic heterocycles. The second kappa shape index (κ2) is 7.61. The van der Waals surface area contributed by atoms with E-state index in [9.17, 15) is 9.59 Å². The number of aryl methyl sites for hydroxylation is 2. The Labute approximate surface area is 145 Å². The van der Waals surface area contributed by atoms with E-state index < -0.39 is 12.0 Å². The normalized spacial score (nSPS) is 13.5. The minimum absolute atomic E-state index is 0.121. The molecule has 2 heterocycles. The van der Waals surface area contributed by atoms with Gasteiger partial charge in [0.25, 0.3) is 0 Å². The third-order valence-electron chi connectivity index (χ3n) is 4.20. The summed E-state index contributed by atoms with van der Waals surface area (Å²) in [6, 6.07) is 3.21. The summed E-state index contributed by atoms with van der Waals surface area (Å²) in [7, 11) is 1.89. The molecule has 0 saturated carbocycles. The van der Waals surface area contributed by atoms with E-state index in [1.165, 1.54) is 11.3 Å². The van der Waals surface area contributed by atoms with Crippen molar-refractivity contribution in [3.8, 4) is 0 Å². The number of carbonyl (C=O) groups is 2. The van der Waals surface area contributed by atoms with Crippen molar-refractivity contribution < 1.29 is 14.7 Å². The number of carboxylic acid groups (broad SMARTS) is 1. The summed E-state index contributed by atoms with van der Waals surface area (Å²) in [5.74, 6) is -1.33. The second-order valence-electron chi connectivity index (χ2n) is 6.05. The monoisotopic (exact) mass is 349 g/mol. The zero-order valence-electron chi connectivity index (χ0n) is 14.4. The fourth-order valence-electron chi connectivity index (χ4n) is 2.71. The van der Waals surface area contributed by atoms with Crippen LogP contribution in [0.3, 0.4) is 0 Å². The van der Waals surface area contributed by atoms with Gasteiger partial charge in [-0.25, -0.2) is 0 Å². The SMILES string of the molecule is Cc1nn(C)c(C)c1CC(C)C(=O)NC(CC(=O)O)c1cccs1. The molecule has 0 aromatic carbocycles. The lowest BCUT2D eigenvalue weighted by Gasteiger charge is -2.19. The Balaban J connectivity index is 2.07. The Bertz CT molecular complexity index is 722. The quantitative estimate of drug-likeness (QED) is 0.805. The highest BCUT2D eigenvalue weighted by molar-refractivity contribution is 7.10. The van der Waals surface area contributed by atoms with Crippen LogP contribution < -0.4 is 5.32 Å². The van der Waals surface area contributed by atoms with Crippen LogP contribution in [-0.4, -0.2) is 26.8 Å². The van der Waals surface area contributed by atoms with Crippen molar-refractivity contribution in [2.24, 2.45) is 13.0 Å². The lowest BCUT2D eigenvalue weighted by Crippen LogP contribution is -2.34. The van der Waals surface area contributed by atoms with E-state index in [2.05, 4.69) is 10.4 Å². The van der Waals surface area contributed by atoms with Crippen LogP contribution in [0, 0.1) is 19.8 Å². The van der Waals surface area contributed by atoms with Gasteiger partial charge >= 0.3 is 5.97 Å². The summed E-state index contributed by atoms with van der Waals surface area (Å²) in [4.78, 5) is 24.5. The number of amides is 1. The van der Waals surface area contributed by atoms with E-state index in [0.29, 0.717) is 6.42 Å². The number of aromatic nitrogens is 2. The molecule has 0 bridgehead atoms. The molecule has 0 aliphatic rings. The molecule has 0 fully saturated rings. The molecular weight excluding hydrogens is 326 g/mol. The average Bonchev–Trinajstić information content (AvgIpc) is 3.11. The van der Waals surface area contributed by atoms with Crippen LogP contribution in [0.4, 0.5) is 0 Å². The number of hydrogen-bond donors (Lipinski definition) is 2. The fraction of sp³-hybridized carbons (Fsp3) is 0.471. The molecule has 7 heteroatoms. The van der Waals surface area contributed by atoms with Crippen LogP contribution in [-0.2, 0) is 23.1 Å². The maximum Gasteiger partial charge on any atom is 0.305 e. The van der Waals surface area contributed by atoms with Gasteiger partial charge in [0.1, 0.15) is 0 Å². The predicted octanol–water partition coefficient (Wildman–Crippen LogP) is 2.61. The van der Waals surface area contributed by atoms with Crippen LogP contribution >= 0.6 is 11.3 Å². The molecule has 130 valence electrons. The van der Waals surface area contributed by atoms with Gasteiger partial charge in [0.05, 0.1) is 18.2 Å². The standard InChI is InChI=1S/C17H23N3O3S/c1-10(8-13-11(2)19-20(4)12(13)3)17(23)18-14(9-16(21)22)15-6-5-7-24-15/h5-7,10,14H,8-9H2,1-4H3,(H,18,23)(H,21,22). The van der Waals surface area contributed by atoms with Gasteiger partial charge in [-0.3, -0.25) is 14.3 Å². The molecule has 2 unspecified atom stereocenters. The first-order valence-corrected chi connectivity index (χ1v) is 8.72. The molecule has 2 N–H and O–H groups in total. The molecule has 6 nitrogen and oxygen atoms in total. The molecule has 24 heavy (non-hydrogen) atoms. The van der Waals surface area contributed by atoms with Gasteiger partial charge in [0.15, 0.2) is 0 Å². The number of nitrogens with one attached hydrogen (secondary N) is 1. The van der Waals surface area contributed by atoms with Gasteiger partial charge in [-0.2, -0.15) is 5.10 Å². The zero-order chi connectivity index (χ0) is 17.9. The van der Waals surface area contributed by atoms with Gasteiger partial charge < -0.3 is 10.4 Å². The fourth-order valence-corrected chi connectivity index (χ4v) is 3.49. The molecule has 0 aliphatic carbocycles. The molecule has 0 spiro atoms. The molecule has 1 amide bonds. The maximum atomic E-state index is 12.5. The summed E-state index contributed by atoms with van der Waals surface area (Å²) >= 11 is 1.45. The second-order valence-corrected chi connectivity index (χ2v) is 7.03. The largest absolute Gasteiger partial charge is 0.481 e. The van der Waals surface area contributed by atoms with E-state index in [0.717, 1.165) is 21.8 Å². The Morgan fingerprint density at radius 1 is 1.42 bits per heavy atom. The smallest absolute Gasteiger partial charge is 0.305 e. The molecule has 2 rings (SSSR count). The van der Waals surface area contributed by atoms with Crippen molar-refractivity contribution in [3.05, 3.63) is 39.3 Å². The Morgan fingerprint density at radius 3 is 2.62 bits per heavy atom. The number of rotatable bonds is 7. The Kier molecular flexibility index (Phi) is 5.77. The van der Waals surface area contributed by atoms with Crippen LogP contribution in [0.5, 0.6) is 0 Å². The predicted molar refractivity (Wildman–Crippen MR) is 93.0 cm³/mol. The summed E-state index contributed by atoms with van der Waals surface area (Å²) < 4.78 is 1.81. The summed E-state index contributed by atoms with van der Waals surface area (Å²) in [5, 5.41) is 18.2. The van der Waals surface area contributed by atoms with E-state index >= 15 is 0 Å². The highest BCUT2D eigenvalue weighted by atomic mass is 32.1. The number of thiophene rings is 1. The van der Waals surface area contributed by atoms with E-state index in [1.54, 1.807) is 0 Å². The first kappa shape index (κ1) is 18.2. The van der Waals surface area contributed by atoms with Crippen molar-refractivity contribution in [2.75, 3.05) is 0 Å². The lowest BCUT2D eigenvalue weighted by molar-refractivity contribution is -0.137. The van der Waals surface area contributed by atoms with Gasteiger partial charge in [-0.05, 0) is 37.3 Å². The molecule has 0 radical (unpaired) electrons. The van der Waals surface area contributed by atoms with Gasteiger partial charge in [0, 0.05) is 23.5 Å². The average molecular weight is 349 g/mol. The van der Waals surface area contributed by atoms with E-state index in [1.807, 2.05) is 50.0 Å². The van der Waals surface area contributed by atoms with E-state index in [4.69, 9.17) is 5.11 Å². The molecular formula is C17H23N3O3S. The first-order chi connectivity index (χ1) is 11.3. The summed E-state index contributed by atoms with van der Waals surface area (Å²) in [6.07, 6.45) is 0.464. The van der Waals surface area contributed by atoms with Crippen molar-refractivity contribution in [1.82, 2.24) is 15.1 Å². The highest BCUT2D eigenvalue weighted by Crippen LogP contribution is 2.23. The minimum Gasteiger partial charge on any atom is -0.481 e. The molecule has 2 atom stereocenters. The number of nitrogens with zero attached hydrogens (tertiary/aromatic N) is 2. The minimum atomic E-state index is -0.930. The van der Waals surface area contributed by atoms with Crippen LogP contribution in [0.1, 0.15) is 41.2 Å². The van der Waals surface area contributed by atoms with Crippen molar-refractivity contribution in [2.45, 2.75) is 39.7 Å². The van der Waals surface area contributed by atoms with Gasteiger partial charge in [-0.15, -0.1) is 11.3 Å². The lowest BCUT2D eigenvalue weighted by atomic mass is 9.98. The van der Waals surface area contributed by atoms with Gasteiger partial charge in [0.2, 0.25) is 5.91 Å². The van der Waals surface area contributed by atoms with Crippen LogP contribution in [0.2, 0.25) is 0 Å². The summed E-state index contributed by atoms with van der Waals surface area (Å²) in [5.41, 5.74) is 3.05. The molecule has 0 aliphatic heterocycles. The third-order valence-corrected chi connectivity index (χ3v) is 5.18. The number of hydrogen-bond acceptors (Lipinski definition) is 4. The number of aliphatic carboxylic acids is 1. The summed E-state index contributed by atoms with van der Waals surface area (Å²) in [6.45, 7) is 5.78. The van der Waals surface area contributed by atoms with Crippen molar-refractivity contribution >= 4 is 23.2 Å². The highest BCUT2D eigenvalue weighted by Gasteiger charge is 2.23. The molecule has 2 aromatic rings. The first-order valence-electron chi connectivity index (χ1n) is 7.84. The van der Waals surface area contributed by atoms with Crippen molar-refractivity contribution in [1.29, 1.82) is 0 Å². The Morgan fingerprint density at radius 2 is 2.12 bits per heavy atom. The topological polar surface area (TPSA) is 84.2 Å². The number of carbonyl (C=O) groups excluding carboxylic acids is 1.